The van der Waals surface area contributed by atoms with E-state index in [-0.39, 0.29) is 23.7 Å². The molecule has 8 heteroatoms. The Morgan fingerprint density at radius 3 is 2.52 bits per heavy atom. The van der Waals surface area contributed by atoms with E-state index < -0.39 is 0 Å². The second-order valence-electron chi connectivity index (χ2n) is 7.30. The number of aliphatic imine (C=N–C) groups is 1. The molecule has 7 nitrogen and oxygen atoms in total. The molecule has 0 radical (unpaired) electrons. The third-order valence-corrected chi connectivity index (χ3v) is 5.91. The molecule has 2 aromatic rings. The predicted molar refractivity (Wildman–Crippen MR) is 107 cm³/mol. The first kappa shape index (κ1) is 17.9. The maximum absolute atomic E-state index is 13.3. The van der Waals surface area contributed by atoms with Gasteiger partial charge in [-0.3, -0.25) is 20.0 Å². The number of hydrazine groups is 1. The number of fused-ring (bicyclic) bond motifs is 1. The summed E-state index contributed by atoms with van der Waals surface area (Å²) < 4.78 is 0. The summed E-state index contributed by atoms with van der Waals surface area (Å²) in [5, 5.41) is 2.31. The lowest BCUT2D eigenvalue weighted by molar-refractivity contribution is -0.125. The molecule has 27 heavy (non-hydrogen) atoms. The van der Waals surface area contributed by atoms with Gasteiger partial charge in [0.15, 0.2) is 0 Å². The lowest BCUT2D eigenvalue weighted by atomic mass is 10.2. The van der Waals surface area contributed by atoms with E-state index in [2.05, 4.69) is 15.4 Å². The Morgan fingerprint density at radius 1 is 1.22 bits per heavy atom. The van der Waals surface area contributed by atoms with Crippen molar-refractivity contribution in [3.8, 4) is 0 Å². The molecular weight excluding hydrogens is 362 g/mol. The topological polar surface area (TPSA) is 77.9 Å². The van der Waals surface area contributed by atoms with Crippen LogP contribution < -0.4 is 10.3 Å². The second kappa shape index (κ2) is 6.92. The van der Waals surface area contributed by atoms with Gasteiger partial charge in [-0.1, -0.05) is 0 Å². The summed E-state index contributed by atoms with van der Waals surface area (Å²) in [5.74, 6) is 0.556. The number of amides is 2. The average molecular weight is 385 g/mol. The molecule has 2 aliphatic carbocycles. The van der Waals surface area contributed by atoms with Gasteiger partial charge in [0.05, 0.1) is 4.88 Å². The normalized spacial score (nSPS) is 17.1. The van der Waals surface area contributed by atoms with Gasteiger partial charge < -0.3 is 4.90 Å². The number of amidine groups is 1. The van der Waals surface area contributed by atoms with Crippen molar-refractivity contribution in [1.29, 1.82) is 0 Å². The van der Waals surface area contributed by atoms with Gasteiger partial charge in [-0.15, -0.1) is 11.3 Å². The van der Waals surface area contributed by atoms with Gasteiger partial charge >= 0.3 is 0 Å². The van der Waals surface area contributed by atoms with Gasteiger partial charge in [-0.25, -0.2) is 9.99 Å². The molecule has 0 bridgehead atoms. The van der Waals surface area contributed by atoms with Crippen LogP contribution in [0, 0.1) is 11.8 Å². The summed E-state index contributed by atoms with van der Waals surface area (Å²) in [6, 6.07) is 3.79. The molecule has 2 saturated carbocycles. The summed E-state index contributed by atoms with van der Waals surface area (Å²) in [7, 11) is 5.60. The molecule has 2 amide bonds. The van der Waals surface area contributed by atoms with E-state index in [0.717, 1.165) is 41.6 Å². The van der Waals surface area contributed by atoms with Gasteiger partial charge in [0.1, 0.15) is 10.7 Å². The van der Waals surface area contributed by atoms with Crippen molar-refractivity contribution in [1.82, 2.24) is 15.4 Å². The van der Waals surface area contributed by atoms with E-state index >= 15 is 0 Å². The van der Waals surface area contributed by atoms with E-state index in [1.807, 2.05) is 31.1 Å². The molecule has 0 atom stereocenters. The first-order chi connectivity index (χ1) is 13.0. The molecular formula is C19H23N5O2S. The highest BCUT2D eigenvalue weighted by atomic mass is 32.1. The minimum Gasteiger partial charge on any atom is -0.377 e. The highest BCUT2D eigenvalue weighted by Crippen LogP contribution is 2.35. The SMILES string of the molecule is CN=C(C1CC1)N(NC(=O)C1CC1)C(=O)c1cc2c(N(C)C)ccnc2s1. The van der Waals surface area contributed by atoms with Crippen molar-refractivity contribution in [2.45, 2.75) is 25.7 Å². The number of pyridine rings is 1. The number of nitrogens with zero attached hydrogens (tertiary/aromatic N) is 4. The molecule has 2 aromatic heterocycles. The molecule has 1 N–H and O–H groups in total. The molecule has 0 aromatic carbocycles. The van der Waals surface area contributed by atoms with Gasteiger partial charge in [0.25, 0.3) is 5.91 Å². The Kier molecular flexibility index (Phi) is 4.59. The van der Waals surface area contributed by atoms with Crippen molar-refractivity contribution in [3.63, 3.8) is 0 Å². The summed E-state index contributed by atoms with van der Waals surface area (Å²) in [6.45, 7) is 0. The van der Waals surface area contributed by atoms with Crippen LogP contribution in [0.3, 0.4) is 0 Å². The van der Waals surface area contributed by atoms with Crippen molar-refractivity contribution < 1.29 is 9.59 Å². The molecule has 2 fully saturated rings. The molecule has 142 valence electrons. The minimum absolute atomic E-state index is 0.0158. The monoisotopic (exact) mass is 385 g/mol. The summed E-state index contributed by atoms with van der Waals surface area (Å²) in [4.78, 5) is 37.7. The predicted octanol–water partition coefficient (Wildman–Crippen LogP) is 2.68. The Labute approximate surface area is 162 Å². The maximum atomic E-state index is 13.3. The van der Waals surface area contributed by atoms with Crippen molar-refractivity contribution >= 4 is 44.9 Å². The zero-order chi connectivity index (χ0) is 19.1. The number of carbonyl (C=O) groups is 2. The van der Waals surface area contributed by atoms with E-state index in [4.69, 9.17) is 0 Å². The zero-order valence-corrected chi connectivity index (χ0v) is 16.5. The third kappa shape index (κ3) is 3.53. The third-order valence-electron chi connectivity index (χ3n) is 4.88. The van der Waals surface area contributed by atoms with Crippen LogP contribution in [-0.4, -0.2) is 48.8 Å². The van der Waals surface area contributed by atoms with Crippen LogP contribution in [0.4, 0.5) is 5.69 Å². The van der Waals surface area contributed by atoms with Crippen LogP contribution in [0.2, 0.25) is 0 Å². The van der Waals surface area contributed by atoms with Gasteiger partial charge in [-0.05, 0) is 37.8 Å². The highest BCUT2D eigenvalue weighted by molar-refractivity contribution is 7.20. The van der Waals surface area contributed by atoms with Crippen molar-refractivity contribution in [2.75, 3.05) is 26.0 Å². The molecule has 2 heterocycles. The Morgan fingerprint density at radius 2 is 1.93 bits per heavy atom. The minimum atomic E-state index is -0.246. The molecule has 0 saturated heterocycles. The smallest absolute Gasteiger partial charge is 0.288 e. The largest absolute Gasteiger partial charge is 0.377 e. The lowest BCUT2D eigenvalue weighted by Gasteiger charge is -2.24. The van der Waals surface area contributed by atoms with Crippen molar-refractivity contribution in [3.05, 3.63) is 23.2 Å². The van der Waals surface area contributed by atoms with Gasteiger partial charge in [-0.2, -0.15) is 0 Å². The molecule has 2 aliphatic rings. The van der Waals surface area contributed by atoms with Crippen LogP contribution in [0.5, 0.6) is 0 Å². The van der Waals surface area contributed by atoms with Gasteiger partial charge in [0.2, 0.25) is 5.91 Å². The molecule has 0 aliphatic heterocycles. The quantitative estimate of drug-likeness (QED) is 0.499. The first-order valence-electron chi connectivity index (χ1n) is 9.17. The maximum Gasteiger partial charge on any atom is 0.288 e. The van der Waals surface area contributed by atoms with Crippen LogP contribution in [0.25, 0.3) is 10.2 Å². The standard InChI is InChI=1S/C19H23N5O2S/c1-20-16(11-4-5-11)24(22-17(25)12-6-7-12)19(26)15-10-13-14(23(2)3)8-9-21-18(13)27-15/h8-12H,4-7H2,1-3H3,(H,22,25). The van der Waals surface area contributed by atoms with Crippen LogP contribution >= 0.6 is 11.3 Å². The lowest BCUT2D eigenvalue weighted by Crippen LogP contribution is -2.51. The van der Waals surface area contributed by atoms with Crippen molar-refractivity contribution in [2.24, 2.45) is 16.8 Å². The fourth-order valence-electron chi connectivity index (χ4n) is 3.10. The molecule has 0 spiro atoms. The molecule has 0 unspecified atom stereocenters. The number of thiophene rings is 1. The Hall–Kier alpha value is -2.48. The number of hydrogen-bond acceptors (Lipinski definition) is 6. The summed E-state index contributed by atoms with van der Waals surface area (Å²) in [5.41, 5.74) is 3.83. The van der Waals surface area contributed by atoms with E-state index in [9.17, 15) is 9.59 Å². The highest BCUT2D eigenvalue weighted by Gasteiger charge is 2.38. The number of aromatic nitrogens is 1. The molecule has 4 rings (SSSR count). The van der Waals surface area contributed by atoms with Crippen LogP contribution in [0.15, 0.2) is 23.3 Å². The first-order valence-corrected chi connectivity index (χ1v) is 9.98. The number of hydrogen-bond donors (Lipinski definition) is 1. The number of nitrogens with one attached hydrogen (secondary N) is 1. The average Bonchev–Trinajstić information content (AvgIpc) is 3.56. The van der Waals surface area contributed by atoms with E-state index in [1.54, 1.807) is 13.2 Å². The summed E-state index contributed by atoms with van der Waals surface area (Å²) >= 11 is 1.34. The van der Waals surface area contributed by atoms with Crippen LogP contribution in [-0.2, 0) is 4.79 Å². The fraction of sp³-hybridized carbons (Fsp3) is 0.474. The number of rotatable bonds is 4. The van der Waals surface area contributed by atoms with E-state index in [1.165, 1.54) is 16.3 Å². The Bertz CT molecular complexity index is 927. The van der Waals surface area contributed by atoms with Gasteiger partial charge in [0, 0.05) is 50.2 Å². The zero-order valence-electron chi connectivity index (χ0n) is 15.7. The van der Waals surface area contributed by atoms with E-state index in [0.29, 0.717) is 10.7 Å². The second-order valence-corrected chi connectivity index (χ2v) is 8.33. The number of carbonyl (C=O) groups excluding carboxylic acids is 2. The summed E-state index contributed by atoms with van der Waals surface area (Å²) in [6.07, 6.45) is 5.50. The van der Waals surface area contributed by atoms with Crippen LogP contribution in [0.1, 0.15) is 35.4 Å². The Balaban J connectivity index is 1.69. The fourth-order valence-corrected chi connectivity index (χ4v) is 4.05. The number of anilines is 1.